The lowest BCUT2D eigenvalue weighted by atomic mass is 9.93. The van der Waals surface area contributed by atoms with Crippen LogP contribution in [-0.2, 0) is 9.53 Å². The number of fused-ring (bicyclic) bond motifs is 3. The lowest BCUT2D eigenvalue weighted by molar-refractivity contribution is -0.146. The van der Waals surface area contributed by atoms with E-state index in [1.54, 1.807) is 21.3 Å². The summed E-state index contributed by atoms with van der Waals surface area (Å²) >= 11 is 0. The number of anilines is 1. The molecule has 2 heterocycles. The molecular weight excluding hydrogens is 446 g/mol. The van der Waals surface area contributed by atoms with E-state index in [9.17, 15) is 4.79 Å². The Morgan fingerprint density at radius 3 is 2.43 bits per heavy atom. The monoisotopic (exact) mass is 477 g/mol. The van der Waals surface area contributed by atoms with Gasteiger partial charge in [-0.1, -0.05) is 18.6 Å². The van der Waals surface area contributed by atoms with Crippen molar-refractivity contribution in [3.63, 3.8) is 0 Å². The summed E-state index contributed by atoms with van der Waals surface area (Å²) in [6.45, 7) is 1.89. The molecule has 1 saturated carbocycles. The van der Waals surface area contributed by atoms with E-state index in [-0.39, 0.29) is 12.1 Å². The van der Waals surface area contributed by atoms with E-state index >= 15 is 0 Å². The second kappa shape index (κ2) is 9.52. The molecule has 35 heavy (non-hydrogen) atoms. The third-order valence-electron chi connectivity index (χ3n) is 6.91. The molecule has 8 nitrogen and oxygen atoms in total. The second-order valence-electron chi connectivity index (χ2n) is 8.95. The van der Waals surface area contributed by atoms with Gasteiger partial charge in [0.05, 0.1) is 44.0 Å². The van der Waals surface area contributed by atoms with Crippen LogP contribution in [0.5, 0.6) is 17.2 Å². The molecule has 0 radical (unpaired) electrons. The van der Waals surface area contributed by atoms with Crippen LogP contribution in [-0.4, -0.2) is 43.0 Å². The standard InChI is InChI=1S/C27H31N3O5/c1-16-22(26(31)35-17-10-6-5-7-11-17)23(18-14-15-21(32-2)25(34-4)24(18)33-3)30-20-13-9-8-12-19(20)29-27(30)28-16/h8-9,12-15,17,23H,5-7,10-11H2,1-4H3,(H,28,29). The van der Waals surface area contributed by atoms with Crippen molar-refractivity contribution in [2.75, 3.05) is 26.6 Å². The van der Waals surface area contributed by atoms with Crippen molar-refractivity contribution in [3.8, 4) is 17.2 Å². The van der Waals surface area contributed by atoms with Gasteiger partial charge in [0, 0.05) is 11.3 Å². The average molecular weight is 478 g/mol. The molecule has 2 aliphatic rings. The van der Waals surface area contributed by atoms with Crippen LogP contribution in [0.4, 0.5) is 5.95 Å². The maximum absolute atomic E-state index is 13.8. The van der Waals surface area contributed by atoms with E-state index < -0.39 is 6.04 Å². The van der Waals surface area contributed by atoms with Crippen molar-refractivity contribution >= 4 is 23.0 Å². The first-order valence-electron chi connectivity index (χ1n) is 12.0. The van der Waals surface area contributed by atoms with Crippen molar-refractivity contribution < 1.29 is 23.7 Å². The minimum Gasteiger partial charge on any atom is -0.493 e. The summed E-state index contributed by atoms with van der Waals surface area (Å²) in [6.07, 6.45) is 5.08. The van der Waals surface area contributed by atoms with Crippen LogP contribution >= 0.6 is 0 Å². The molecule has 0 saturated heterocycles. The van der Waals surface area contributed by atoms with Crippen LogP contribution in [0.25, 0.3) is 11.0 Å². The molecule has 2 aromatic carbocycles. The zero-order valence-corrected chi connectivity index (χ0v) is 20.6. The van der Waals surface area contributed by atoms with Gasteiger partial charge in [0.25, 0.3) is 0 Å². The number of esters is 1. The SMILES string of the molecule is COc1ccc(C2C(C(=O)OC3CCCCC3)=C(C)Nc3nc4ccccc4n32)c(OC)c1OC. The summed E-state index contributed by atoms with van der Waals surface area (Å²) in [4.78, 5) is 18.5. The van der Waals surface area contributed by atoms with E-state index in [4.69, 9.17) is 23.9 Å². The molecule has 0 bridgehead atoms. The molecule has 1 aliphatic heterocycles. The average Bonchev–Trinajstić information content (AvgIpc) is 3.25. The number of aromatic nitrogens is 2. The Hall–Kier alpha value is -3.68. The van der Waals surface area contributed by atoms with Gasteiger partial charge < -0.3 is 24.3 Å². The maximum atomic E-state index is 13.8. The van der Waals surface area contributed by atoms with Gasteiger partial charge in [-0.25, -0.2) is 9.78 Å². The Balaban J connectivity index is 1.70. The number of carbonyl (C=O) groups excluding carboxylic acids is 1. The lowest BCUT2D eigenvalue weighted by Gasteiger charge is -2.32. The number of benzene rings is 2. The van der Waals surface area contributed by atoms with Crippen LogP contribution in [0.3, 0.4) is 0 Å². The number of para-hydroxylation sites is 2. The number of hydrogen-bond acceptors (Lipinski definition) is 7. The molecule has 1 fully saturated rings. The largest absolute Gasteiger partial charge is 0.493 e. The highest BCUT2D eigenvalue weighted by atomic mass is 16.5. The van der Waals surface area contributed by atoms with Crippen molar-refractivity contribution in [1.82, 2.24) is 9.55 Å². The van der Waals surface area contributed by atoms with Gasteiger partial charge in [-0.3, -0.25) is 4.57 Å². The van der Waals surface area contributed by atoms with E-state index in [0.29, 0.717) is 34.5 Å². The van der Waals surface area contributed by atoms with Crippen LogP contribution < -0.4 is 19.5 Å². The van der Waals surface area contributed by atoms with Crippen LogP contribution in [0.1, 0.15) is 50.6 Å². The minimum atomic E-state index is -0.538. The Labute approximate surface area is 204 Å². The first kappa shape index (κ1) is 23.1. The molecule has 8 heteroatoms. The quantitative estimate of drug-likeness (QED) is 0.487. The third-order valence-corrected chi connectivity index (χ3v) is 6.91. The molecule has 0 amide bonds. The molecule has 3 aromatic rings. The fraction of sp³-hybridized carbons (Fsp3) is 0.407. The topological polar surface area (TPSA) is 83.8 Å². The zero-order valence-electron chi connectivity index (χ0n) is 20.6. The van der Waals surface area contributed by atoms with Crippen molar-refractivity contribution in [1.29, 1.82) is 0 Å². The molecule has 1 N–H and O–H groups in total. The zero-order chi connectivity index (χ0) is 24.5. The number of hydrogen-bond donors (Lipinski definition) is 1. The van der Waals surface area contributed by atoms with Crippen molar-refractivity contribution in [2.24, 2.45) is 0 Å². The van der Waals surface area contributed by atoms with Crippen molar-refractivity contribution in [3.05, 3.63) is 53.2 Å². The number of ether oxygens (including phenoxy) is 4. The Morgan fingerprint density at radius 2 is 1.71 bits per heavy atom. The molecular formula is C27H31N3O5. The highest BCUT2D eigenvalue weighted by molar-refractivity contribution is 5.94. The number of imidazole rings is 1. The second-order valence-corrected chi connectivity index (χ2v) is 8.95. The number of carbonyl (C=O) groups is 1. The lowest BCUT2D eigenvalue weighted by Crippen LogP contribution is -2.31. The highest BCUT2D eigenvalue weighted by Crippen LogP contribution is 2.48. The summed E-state index contributed by atoms with van der Waals surface area (Å²) in [7, 11) is 4.75. The fourth-order valence-electron chi connectivity index (χ4n) is 5.26. The number of nitrogens with one attached hydrogen (secondary N) is 1. The molecule has 1 unspecified atom stereocenters. The van der Waals surface area contributed by atoms with Crippen molar-refractivity contribution in [2.45, 2.75) is 51.2 Å². The molecule has 184 valence electrons. The first-order valence-corrected chi connectivity index (χ1v) is 12.0. The number of rotatable bonds is 6. The summed E-state index contributed by atoms with van der Waals surface area (Å²) < 4.78 is 25.1. The van der Waals surface area contributed by atoms with E-state index in [0.717, 1.165) is 42.3 Å². The summed E-state index contributed by atoms with van der Waals surface area (Å²) in [5.41, 5.74) is 3.71. The highest BCUT2D eigenvalue weighted by Gasteiger charge is 2.38. The number of allylic oxidation sites excluding steroid dienone is 1. The van der Waals surface area contributed by atoms with Gasteiger partial charge in [-0.2, -0.15) is 0 Å². The number of nitrogens with zero attached hydrogens (tertiary/aromatic N) is 2. The molecule has 1 aromatic heterocycles. The molecule has 5 rings (SSSR count). The maximum Gasteiger partial charge on any atom is 0.338 e. The molecule has 1 atom stereocenters. The summed E-state index contributed by atoms with van der Waals surface area (Å²) in [6, 6.07) is 11.1. The minimum absolute atomic E-state index is 0.0644. The summed E-state index contributed by atoms with van der Waals surface area (Å²) in [5.74, 6) is 1.84. The van der Waals surface area contributed by atoms with Crippen LogP contribution in [0, 0.1) is 0 Å². The van der Waals surface area contributed by atoms with Gasteiger partial charge in [-0.05, 0) is 56.9 Å². The van der Waals surface area contributed by atoms with Crippen LogP contribution in [0.15, 0.2) is 47.7 Å². The van der Waals surface area contributed by atoms with E-state index in [2.05, 4.69) is 5.32 Å². The van der Waals surface area contributed by atoms with E-state index in [1.807, 2.05) is 47.9 Å². The molecule has 1 aliphatic carbocycles. The van der Waals surface area contributed by atoms with Gasteiger partial charge >= 0.3 is 5.97 Å². The smallest absolute Gasteiger partial charge is 0.338 e. The van der Waals surface area contributed by atoms with Crippen LogP contribution in [0.2, 0.25) is 0 Å². The molecule has 0 spiro atoms. The van der Waals surface area contributed by atoms with Gasteiger partial charge in [0.15, 0.2) is 11.5 Å². The predicted molar refractivity (Wildman–Crippen MR) is 133 cm³/mol. The normalized spacial score (nSPS) is 18.1. The summed E-state index contributed by atoms with van der Waals surface area (Å²) in [5, 5.41) is 3.34. The Morgan fingerprint density at radius 1 is 0.971 bits per heavy atom. The third kappa shape index (κ3) is 3.96. The Bertz CT molecular complexity index is 1290. The Kier molecular flexibility index (Phi) is 6.28. The fourth-order valence-corrected chi connectivity index (χ4v) is 5.26. The first-order chi connectivity index (χ1) is 17.1. The van der Waals surface area contributed by atoms with Gasteiger partial charge in [-0.15, -0.1) is 0 Å². The van der Waals surface area contributed by atoms with Gasteiger partial charge in [0.1, 0.15) is 6.10 Å². The van der Waals surface area contributed by atoms with Gasteiger partial charge in [0.2, 0.25) is 11.7 Å². The predicted octanol–water partition coefficient (Wildman–Crippen LogP) is 5.23. The van der Waals surface area contributed by atoms with E-state index in [1.165, 1.54) is 6.42 Å². The number of methoxy groups -OCH3 is 3.